The van der Waals surface area contributed by atoms with E-state index in [0.717, 1.165) is 112 Å². The number of nitrogens with one attached hydrogen (secondary N) is 2. The van der Waals surface area contributed by atoms with E-state index in [1.807, 2.05) is 103 Å². The molecule has 0 spiro atoms. The van der Waals surface area contributed by atoms with E-state index in [-0.39, 0.29) is 101 Å². The van der Waals surface area contributed by atoms with Crippen LogP contribution in [0.15, 0.2) is 157 Å². The molecular weight excluding hydrogens is 1460 g/mol. The summed E-state index contributed by atoms with van der Waals surface area (Å²) in [6.07, 6.45) is 6.14. The number of fused-ring (bicyclic) bond motifs is 3. The number of hydrogen-bond donors (Lipinski definition) is 10. The molecule has 2 unspecified atom stereocenters. The van der Waals surface area contributed by atoms with E-state index in [1.165, 1.54) is 16.7 Å². The Hall–Kier alpha value is -10.1. The van der Waals surface area contributed by atoms with Crippen LogP contribution in [0.25, 0.3) is 0 Å². The first kappa shape index (κ1) is 90.4. The smallest absolute Gasteiger partial charge is 0.316 e. The molecule has 0 saturated heterocycles. The van der Waals surface area contributed by atoms with E-state index in [9.17, 15) is 69.6 Å². The molecule has 0 aromatic heterocycles. The number of ether oxygens (including phenoxy) is 4. The Morgan fingerprint density at radius 1 is 0.443 bits per heavy atom. The third-order valence-corrected chi connectivity index (χ3v) is 19.8. The summed E-state index contributed by atoms with van der Waals surface area (Å²) < 4.78 is 22.2. The van der Waals surface area contributed by atoms with Gasteiger partial charge in [0.05, 0.1) is 87.0 Å². The van der Waals surface area contributed by atoms with E-state index < -0.39 is 27.6 Å². The van der Waals surface area contributed by atoms with Crippen LogP contribution >= 0.6 is 0 Å². The summed E-state index contributed by atoms with van der Waals surface area (Å²) in [6, 6.07) is 47.2. The number of carbonyl (C=O) groups is 6. The SMILES string of the molecule is CC(C)(C)C(=O)Oc1cc(CC(=O)NCCc2cccc(CO)c2)ccc1CO.CC(C)(C)C(=O)Oc1cc(CC2=NCCc3cc(CO)ccc32)ccc1CO.CC(C)(C)C(=O)Oc1cc(CC2NCCc3cc(CO)ccc32)ccc1CO.CC(C)(C)C(=O)Oc1cc(CC2c3ccc(CO)cc3CCN2C=O)ccc1CO. The van der Waals surface area contributed by atoms with Gasteiger partial charge in [-0.15, -0.1) is 0 Å². The first-order valence-corrected chi connectivity index (χ1v) is 39.0. The fourth-order valence-corrected chi connectivity index (χ4v) is 12.9. The third kappa shape index (κ3) is 25.9. The van der Waals surface area contributed by atoms with Gasteiger partial charge in [-0.05, 0) is 236 Å². The molecule has 22 heteroatoms. The fourth-order valence-electron chi connectivity index (χ4n) is 12.9. The van der Waals surface area contributed by atoms with Gasteiger partial charge in [-0.1, -0.05) is 127 Å². The number of benzene rings is 8. The Morgan fingerprint density at radius 2 is 0.852 bits per heavy atom. The van der Waals surface area contributed by atoms with Crippen molar-refractivity contribution in [3.63, 3.8) is 0 Å². The van der Waals surface area contributed by atoms with Gasteiger partial charge in [0.15, 0.2) is 0 Å². The second-order valence-electron chi connectivity index (χ2n) is 33.3. The molecule has 11 rings (SSSR count). The first-order valence-electron chi connectivity index (χ1n) is 39.0. The van der Waals surface area contributed by atoms with E-state index in [1.54, 1.807) is 124 Å². The molecule has 2 amide bonds. The lowest BCUT2D eigenvalue weighted by molar-refractivity contribution is -0.143. The van der Waals surface area contributed by atoms with Crippen molar-refractivity contribution in [2.24, 2.45) is 26.7 Å². The quantitative estimate of drug-likeness (QED) is 0.0153. The highest BCUT2D eigenvalue weighted by Gasteiger charge is 2.32. The standard InChI is InChI=1S/C24H29NO5.C23H29NO5.C23H29NO4.C23H27NO4/c1-24(2,3)23(29)30-22-12-16(4-6-19(22)14-27)11-21-20-7-5-17(13-26)10-18(20)8-9-25(21)15-28;1-23(2,3)22(28)29-20-12-17(7-8-19(20)15-26)13-21(27)24-10-9-16-5-4-6-18(11-16)14-25;2*1-23(2,3)22(27)28-21-12-15(4-6-18(21)14-26)11-20-19-7-5-16(13-25)10-17(19)8-9-24-20/h4-7,10,12,15,21,26-27H,8-9,11,13-14H2,1-3H3;4-8,11-12,25-26H,9-10,13-15H2,1-3H3,(H,24,27);4-7,10,12,20,24-26H,8-9,11,13-14H2,1-3H3;4-7,10,12,25-26H,8-9,11,13-14H2,1-3H3. The fraction of sp³-hybridized carbons (Fsp3) is 0.409. The second-order valence-corrected chi connectivity index (χ2v) is 33.3. The van der Waals surface area contributed by atoms with Gasteiger partial charge in [-0.3, -0.25) is 33.8 Å². The zero-order chi connectivity index (χ0) is 84.0. The molecule has 10 N–H and O–H groups in total. The van der Waals surface area contributed by atoms with E-state index >= 15 is 0 Å². The lowest BCUT2D eigenvalue weighted by atomic mass is 9.88. The Bertz CT molecular complexity index is 4730. The van der Waals surface area contributed by atoms with E-state index in [0.29, 0.717) is 77.4 Å². The Labute approximate surface area is 675 Å². The summed E-state index contributed by atoms with van der Waals surface area (Å²) in [6.45, 7) is 23.3. The van der Waals surface area contributed by atoms with Crippen LogP contribution in [0.2, 0.25) is 0 Å². The largest absolute Gasteiger partial charge is 0.426 e. The number of aliphatic hydroxyl groups excluding tert-OH is 8. The predicted octanol–water partition coefficient (Wildman–Crippen LogP) is 11.7. The molecule has 0 radical (unpaired) electrons. The van der Waals surface area contributed by atoms with Gasteiger partial charge in [0.1, 0.15) is 23.0 Å². The lowest BCUT2D eigenvalue weighted by Crippen LogP contribution is -2.35. The molecule has 0 saturated carbocycles. The maximum Gasteiger partial charge on any atom is 0.316 e. The van der Waals surface area contributed by atoms with Crippen LogP contribution in [-0.2, 0) is 133 Å². The minimum Gasteiger partial charge on any atom is -0.426 e. The maximum atomic E-state index is 12.3. The van der Waals surface area contributed by atoms with E-state index in [4.69, 9.17) is 23.9 Å². The molecule has 3 aliphatic rings. The normalized spacial score (nSPS) is 14.4. The molecule has 0 aliphatic carbocycles. The van der Waals surface area contributed by atoms with Gasteiger partial charge in [-0.2, -0.15) is 0 Å². The summed E-state index contributed by atoms with van der Waals surface area (Å²) >= 11 is 0. The first-order chi connectivity index (χ1) is 54.6. The van der Waals surface area contributed by atoms with Gasteiger partial charge >= 0.3 is 23.9 Å². The van der Waals surface area contributed by atoms with Gasteiger partial charge < -0.3 is 75.3 Å². The highest BCUT2D eigenvalue weighted by Crippen LogP contribution is 2.37. The van der Waals surface area contributed by atoms with E-state index in [2.05, 4.69) is 22.8 Å². The molecule has 2 atom stereocenters. The van der Waals surface area contributed by atoms with Crippen molar-refractivity contribution in [2.45, 2.75) is 199 Å². The number of nitrogens with zero attached hydrogens (tertiary/aromatic N) is 2. The maximum absolute atomic E-state index is 12.3. The number of rotatable bonds is 24. The summed E-state index contributed by atoms with van der Waals surface area (Å²) in [5, 5.41) is 82.1. The molecule has 0 fully saturated rings. The van der Waals surface area contributed by atoms with Crippen molar-refractivity contribution in [1.29, 1.82) is 0 Å². The van der Waals surface area contributed by atoms with Crippen molar-refractivity contribution < 1.29 is 88.6 Å². The topological polar surface area (TPSA) is 341 Å². The molecule has 8 aromatic rings. The van der Waals surface area contributed by atoms with Crippen LogP contribution in [0, 0.1) is 21.7 Å². The minimum atomic E-state index is -0.673. The van der Waals surface area contributed by atoms with Gasteiger partial charge in [0.25, 0.3) is 0 Å². The van der Waals surface area contributed by atoms with Crippen LogP contribution in [-0.4, -0.2) is 114 Å². The Morgan fingerprint density at radius 3 is 1.33 bits per heavy atom. The highest BCUT2D eigenvalue weighted by molar-refractivity contribution is 6.04. The average Bonchev–Trinajstić information content (AvgIpc) is 0.792. The van der Waals surface area contributed by atoms with Gasteiger partial charge in [-0.25, -0.2) is 0 Å². The van der Waals surface area contributed by atoms with Crippen molar-refractivity contribution in [1.82, 2.24) is 15.5 Å². The zero-order valence-electron chi connectivity index (χ0n) is 68.4. The molecule has 3 heterocycles. The molecule has 8 aromatic carbocycles. The Balaban J connectivity index is 0.000000192. The third-order valence-electron chi connectivity index (χ3n) is 19.8. The monoisotopic (exact) mass is 1570 g/mol. The zero-order valence-corrected chi connectivity index (χ0v) is 68.4. The molecule has 0 bridgehead atoms. The van der Waals surface area contributed by atoms with Gasteiger partial charge in [0, 0.05) is 60.1 Å². The summed E-state index contributed by atoms with van der Waals surface area (Å²) in [4.78, 5) is 79.5. The van der Waals surface area contributed by atoms with Crippen molar-refractivity contribution in [2.75, 3.05) is 26.2 Å². The summed E-state index contributed by atoms with van der Waals surface area (Å²) in [5.41, 5.74) is 15.8. The number of esters is 4. The molecular formula is C93H114N4O18. The molecule has 614 valence electrons. The minimum absolute atomic E-state index is 0.00778. The predicted molar refractivity (Wildman–Crippen MR) is 440 cm³/mol. The highest BCUT2D eigenvalue weighted by atomic mass is 16.6. The van der Waals surface area contributed by atoms with Crippen LogP contribution in [0.5, 0.6) is 23.0 Å². The number of carbonyl (C=O) groups excluding carboxylic acids is 6. The van der Waals surface area contributed by atoms with Crippen molar-refractivity contribution in [3.8, 4) is 23.0 Å². The number of aliphatic imine (C=N–C) groups is 1. The average molecular weight is 1580 g/mol. The molecule has 22 nitrogen and oxygen atoms in total. The molecule has 3 aliphatic heterocycles. The number of aliphatic hydroxyl groups is 8. The van der Waals surface area contributed by atoms with Crippen LogP contribution in [0.4, 0.5) is 0 Å². The van der Waals surface area contributed by atoms with Gasteiger partial charge in [0.2, 0.25) is 12.3 Å². The number of amides is 2. The summed E-state index contributed by atoms with van der Waals surface area (Å²) in [5.74, 6) is -0.139. The van der Waals surface area contributed by atoms with Crippen LogP contribution in [0.3, 0.4) is 0 Å². The Kier molecular flexibility index (Phi) is 32.6. The number of hydrogen-bond acceptors (Lipinski definition) is 20. The van der Waals surface area contributed by atoms with Crippen LogP contribution < -0.4 is 29.6 Å². The van der Waals surface area contributed by atoms with Crippen LogP contribution in [0.1, 0.15) is 201 Å². The lowest BCUT2D eigenvalue weighted by Gasteiger charge is -2.35. The van der Waals surface area contributed by atoms with Crippen molar-refractivity contribution in [3.05, 3.63) is 257 Å². The molecule has 115 heavy (non-hydrogen) atoms. The second kappa shape index (κ2) is 41.5. The van der Waals surface area contributed by atoms with Crippen molar-refractivity contribution >= 4 is 41.9 Å². The summed E-state index contributed by atoms with van der Waals surface area (Å²) in [7, 11) is 0.